The maximum atomic E-state index is 13.0. The van der Waals surface area contributed by atoms with E-state index < -0.39 is 0 Å². The largest absolute Gasteiger partial charge is 0.299 e. The SMILES string of the molecule is O=C(Cc1ccc(Br)cc1Cl)C12CC3CC(CC(C3)C1)C2. The van der Waals surface area contributed by atoms with Crippen LogP contribution >= 0.6 is 27.5 Å². The van der Waals surface area contributed by atoms with Crippen LogP contribution in [0.1, 0.15) is 44.1 Å². The Bertz CT molecular complexity index is 560. The van der Waals surface area contributed by atoms with Crippen LogP contribution in [0.2, 0.25) is 5.02 Å². The summed E-state index contributed by atoms with van der Waals surface area (Å²) in [6.45, 7) is 0. The third-order valence-corrected chi connectivity index (χ3v) is 6.84. The van der Waals surface area contributed by atoms with Gasteiger partial charge in [-0.15, -0.1) is 0 Å². The van der Waals surface area contributed by atoms with Crippen LogP contribution < -0.4 is 0 Å². The molecule has 0 aromatic heterocycles. The molecular weight excluding hydrogens is 348 g/mol. The van der Waals surface area contributed by atoms with Gasteiger partial charge in [-0.1, -0.05) is 33.6 Å². The fourth-order valence-corrected chi connectivity index (χ4v) is 6.22. The first-order chi connectivity index (χ1) is 10.0. The van der Waals surface area contributed by atoms with Crippen LogP contribution in [0.3, 0.4) is 0 Å². The van der Waals surface area contributed by atoms with E-state index in [0.717, 1.165) is 47.1 Å². The van der Waals surface area contributed by atoms with Crippen molar-refractivity contribution in [3.8, 4) is 0 Å². The van der Waals surface area contributed by atoms with E-state index in [1.54, 1.807) is 0 Å². The molecule has 0 amide bonds. The van der Waals surface area contributed by atoms with Crippen LogP contribution in [0, 0.1) is 23.2 Å². The lowest BCUT2D eigenvalue weighted by molar-refractivity contribution is -0.143. The highest BCUT2D eigenvalue weighted by molar-refractivity contribution is 9.10. The minimum atomic E-state index is -0.00878. The number of carbonyl (C=O) groups excluding carboxylic acids is 1. The number of hydrogen-bond acceptors (Lipinski definition) is 1. The smallest absolute Gasteiger partial charge is 0.143 e. The van der Waals surface area contributed by atoms with Gasteiger partial charge in [-0.25, -0.2) is 0 Å². The molecule has 4 aliphatic rings. The minimum absolute atomic E-state index is 0.00878. The lowest BCUT2D eigenvalue weighted by atomic mass is 9.48. The zero-order chi connectivity index (χ0) is 14.6. The van der Waals surface area contributed by atoms with E-state index in [9.17, 15) is 4.79 Å². The number of benzene rings is 1. The van der Waals surface area contributed by atoms with Crippen molar-refractivity contribution in [1.82, 2.24) is 0 Å². The van der Waals surface area contributed by atoms with Crippen molar-refractivity contribution in [2.24, 2.45) is 23.2 Å². The standard InChI is InChI=1S/C18H20BrClO/c19-15-2-1-14(16(20)7-15)6-17(21)18-8-11-3-12(9-18)5-13(4-11)10-18/h1-2,7,11-13H,3-6,8-10H2. The predicted molar refractivity (Wildman–Crippen MR) is 88.5 cm³/mol. The highest BCUT2D eigenvalue weighted by atomic mass is 79.9. The fourth-order valence-electron chi connectivity index (χ4n) is 5.48. The first kappa shape index (κ1) is 14.3. The normalized spacial score (nSPS) is 37.0. The molecule has 4 saturated carbocycles. The first-order valence-electron chi connectivity index (χ1n) is 8.01. The molecule has 4 bridgehead atoms. The zero-order valence-corrected chi connectivity index (χ0v) is 14.4. The van der Waals surface area contributed by atoms with E-state index in [-0.39, 0.29) is 5.41 Å². The predicted octanol–water partition coefficient (Wildman–Crippen LogP) is 5.43. The van der Waals surface area contributed by atoms with E-state index in [2.05, 4.69) is 15.9 Å². The van der Waals surface area contributed by atoms with Gasteiger partial charge in [0, 0.05) is 21.3 Å². The summed E-state index contributed by atoms with van der Waals surface area (Å²) in [6.07, 6.45) is 8.09. The van der Waals surface area contributed by atoms with Crippen molar-refractivity contribution in [1.29, 1.82) is 0 Å². The first-order valence-corrected chi connectivity index (χ1v) is 9.18. The molecule has 5 rings (SSSR count). The fraction of sp³-hybridized carbons (Fsp3) is 0.611. The van der Waals surface area contributed by atoms with Crippen LogP contribution in [0.5, 0.6) is 0 Å². The third kappa shape index (κ3) is 2.49. The Balaban J connectivity index is 1.57. The topological polar surface area (TPSA) is 17.1 Å². The van der Waals surface area contributed by atoms with Crippen molar-refractivity contribution in [2.45, 2.75) is 44.9 Å². The van der Waals surface area contributed by atoms with Crippen molar-refractivity contribution in [3.05, 3.63) is 33.3 Å². The van der Waals surface area contributed by atoms with E-state index in [1.807, 2.05) is 18.2 Å². The highest BCUT2D eigenvalue weighted by Gasteiger charge is 2.54. The average Bonchev–Trinajstić information content (AvgIpc) is 2.40. The van der Waals surface area contributed by atoms with Gasteiger partial charge in [0.2, 0.25) is 0 Å². The summed E-state index contributed by atoms with van der Waals surface area (Å²) in [6, 6.07) is 5.86. The van der Waals surface area contributed by atoms with Gasteiger partial charge < -0.3 is 0 Å². The van der Waals surface area contributed by atoms with E-state index in [4.69, 9.17) is 11.6 Å². The summed E-state index contributed by atoms with van der Waals surface area (Å²) in [4.78, 5) is 13.0. The second-order valence-corrected chi connectivity index (χ2v) is 8.86. The lowest BCUT2D eigenvalue weighted by Crippen LogP contribution is -2.50. The van der Waals surface area contributed by atoms with Crippen LogP contribution in [0.25, 0.3) is 0 Å². The molecule has 0 radical (unpaired) electrons. The summed E-state index contributed by atoms with van der Waals surface area (Å²) >= 11 is 9.72. The van der Waals surface area contributed by atoms with E-state index in [0.29, 0.717) is 17.2 Å². The number of rotatable bonds is 3. The molecule has 4 aliphatic carbocycles. The van der Waals surface area contributed by atoms with E-state index >= 15 is 0 Å². The van der Waals surface area contributed by atoms with Crippen molar-refractivity contribution < 1.29 is 4.79 Å². The number of hydrogen-bond donors (Lipinski definition) is 0. The molecule has 3 heteroatoms. The Hall–Kier alpha value is -0.340. The molecule has 0 aliphatic heterocycles. The Morgan fingerprint density at radius 1 is 1.14 bits per heavy atom. The minimum Gasteiger partial charge on any atom is -0.299 e. The summed E-state index contributed by atoms with van der Waals surface area (Å²) in [5.41, 5.74) is 0.978. The van der Waals surface area contributed by atoms with Gasteiger partial charge >= 0.3 is 0 Å². The Morgan fingerprint density at radius 2 is 1.71 bits per heavy atom. The van der Waals surface area contributed by atoms with Gasteiger partial charge in [-0.05, 0) is 74.0 Å². The Labute approximate surface area is 139 Å². The molecule has 0 spiro atoms. The molecule has 0 atom stereocenters. The molecule has 4 fully saturated rings. The monoisotopic (exact) mass is 366 g/mol. The molecule has 0 heterocycles. The van der Waals surface area contributed by atoms with Gasteiger partial charge in [-0.2, -0.15) is 0 Å². The Kier molecular flexibility index (Phi) is 3.46. The average molecular weight is 368 g/mol. The summed E-state index contributed by atoms with van der Waals surface area (Å²) in [7, 11) is 0. The second kappa shape index (κ2) is 5.09. The van der Waals surface area contributed by atoms with Gasteiger partial charge in [0.1, 0.15) is 5.78 Å². The molecular formula is C18H20BrClO. The molecule has 0 N–H and O–H groups in total. The van der Waals surface area contributed by atoms with Gasteiger partial charge in [0.05, 0.1) is 0 Å². The number of Topliss-reactive ketones (excluding diaryl/α,β-unsaturated/α-hetero) is 1. The van der Waals surface area contributed by atoms with Crippen molar-refractivity contribution in [2.75, 3.05) is 0 Å². The third-order valence-electron chi connectivity index (χ3n) is 6.00. The van der Waals surface area contributed by atoms with Gasteiger partial charge in [0.15, 0.2) is 0 Å². The molecule has 1 aromatic carbocycles. The Morgan fingerprint density at radius 3 is 2.24 bits per heavy atom. The molecule has 112 valence electrons. The highest BCUT2D eigenvalue weighted by Crippen LogP contribution is 2.60. The van der Waals surface area contributed by atoms with Crippen LogP contribution in [-0.4, -0.2) is 5.78 Å². The van der Waals surface area contributed by atoms with E-state index in [1.165, 1.54) is 19.3 Å². The van der Waals surface area contributed by atoms with Crippen LogP contribution in [-0.2, 0) is 11.2 Å². The number of ketones is 1. The summed E-state index contributed by atoms with van der Waals surface area (Å²) in [5, 5.41) is 0.711. The summed E-state index contributed by atoms with van der Waals surface area (Å²) < 4.78 is 0.971. The molecule has 1 nitrogen and oxygen atoms in total. The van der Waals surface area contributed by atoms with Gasteiger partial charge in [-0.3, -0.25) is 4.79 Å². The molecule has 21 heavy (non-hydrogen) atoms. The zero-order valence-electron chi connectivity index (χ0n) is 12.1. The van der Waals surface area contributed by atoms with Crippen molar-refractivity contribution >= 4 is 33.3 Å². The summed E-state index contributed by atoms with van der Waals surface area (Å²) in [5.74, 6) is 2.91. The number of halogens is 2. The molecule has 0 unspecified atom stereocenters. The quantitative estimate of drug-likeness (QED) is 0.696. The molecule has 1 aromatic rings. The maximum absolute atomic E-state index is 13.0. The second-order valence-electron chi connectivity index (χ2n) is 7.53. The van der Waals surface area contributed by atoms with Crippen molar-refractivity contribution in [3.63, 3.8) is 0 Å². The van der Waals surface area contributed by atoms with Crippen LogP contribution in [0.4, 0.5) is 0 Å². The number of carbonyl (C=O) groups is 1. The van der Waals surface area contributed by atoms with Crippen LogP contribution in [0.15, 0.2) is 22.7 Å². The maximum Gasteiger partial charge on any atom is 0.143 e. The van der Waals surface area contributed by atoms with Gasteiger partial charge in [0.25, 0.3) is 0 Å². The molecule has 0 saturated heterocycles. The lowest BCUT2D eigenvalue weighted by Gasteiger charge is -2.56.